The van der Waals surface area contributed by atoms with E-state index in [2.05, 4.69) is 66.0 Å². The Balaban J connectivity index is 5.32. The average molecular weight is 613 g/mol. The lowest BCUT2D eigenvalue weighted by molar-refractivity contribution is -0.169. The predicted octanol–water partition coefficient (Wildman–Crippen LogP) is 8.82. The van der Waals surface area contributed by atoms with Gasteiger partial charge in [0.05, 0.1) is 25.3 Å². The normalized spacial score (nSPS) is 12.0. The van der Waals surface area contributed by atoms with E-state index in [-0.39, 0.29) is 19.8 Å². The van der Waals surface area contributed by atoms with E-state index in [1.54, 1.807) is 0 Å². The van der Waals surface area contributed by atoms with Crippen molar-refractivity contribution >= 4 is 59.3 Å². The first-order valence-corrected chi connectivity index (χ1v) is 19.4. The van der Waals surface area contributed by atoms with Crippen LogP contribution in [0.4, 0.5) is 0 Å². The molecule has 0 spiro atoms. The van der Waals surface area contributed by atoms with E-state index in [1.165, 1.54) is 0 Å². The molecule has 0 saturated carbocycles. The number of unbranched alkanes of at least 4 members (excludes halogenated alkanes) is 6. The van der Waals surface area contributed by atoms with Gasteiger partial charge in [-0.15, -0.1) is 24.5 Å². The quantitative estimate of drug-likeness (QED) is 0.0298. The Kier molecular flexibility index (Phi) is 22.5. The van der Waals surface area contributed by atoms with Crippen molar-refractivity contribution in [3.8, 4) is 0 Å². The van der Waals surface area contributed by atoms with Crippen molar-refractivity contribution in [1.82, 2.24) is 0 Å². The molecule has 10 heteroatoms. The molecular formula is C28H53O6PS3. The summed E-state index contributed by atoms with van der Waals surface area (Å²) in [5.41, 5.74) is -1.48. The second kappa shape index (κ2) is 22.6. The Morgan fingerprint density at radius 3 is 1.11 bits per heavy atom. The highest BCUT2D eigenvalue weighted by Crippen LogP contribution is 2.63. The van der Waals surface area contributed by atoms with Crippen LogP contribution in [-0.4, -0.2) is 42.5 Å². The lowest BCUT2D eigenvalue weighted by atomic mass is 10.1. The summed E-state index contributed by atoms with van der Waals surface area (Å²) in [6.07, 6.45) is 11.1. The highest BCUT2D eigenvalue weighted by molar-refractivity contribution is 9.06. The fourth-order valence-electron chi connectivity index (χ4n) is 3.78. The number of thiol groups is 2. The van der Waals surface area contributed by atoms with Crippen LogP contribution in [0.3, 0.4) is 0 Å². The van der Waals surface area contributed by atoms with Gasteiger partial charge in [0.1, 0.15) is 0 Å². The number of rotatable bonds is 23. The minimum absolute atomic E-state index is 0.126. The standard InChI is InChI=1S/C28H53O6PS3/c1-22(2)16-10-7-13-19-32-25(29)28(38-35(36)37,26(30)33-20-14-8-11-17-23(3)4)27(31)34-21-15-9-12-18-24(5)6/h22-24,36-37H,7-21H2,1-6H3. The first-order chi connectivity index (χ1) is 17.9. The summed E-state index contributed by atoms with van der Waals surface area (Å²) < 4.78 is 14.2. The Morgan fingerprint density at radius 2 is 0.868 bits per heavy atom. The van der Waals surface area contributed by atoms with Crippen molar-refractivity contribution in [1.29, 1.82) is 0 Å². The molecule has 0 unspecified atom stereocenters. The number of carbonyl (C=O) groups is 3. The molecule has 0 N–H and O–H groups in total. The number of esters is 3. The van der Waals surface area contributed by atoms with Crippen LogP contribution in [0.1, 0.15) is 119 Å². The van der Waals surface area contributed by atoms with Gasteiger partial charge in [0, 0.05) is 0 Å². The van der Waals surface area contributed by atoms with Crippen LogP contribution in [0, 0.1) is 17.8 Å². The van der Waals surface area contributed by atoms with Gasteiger partial charge in [-0.05, 0) is 37.0 Å². The lowest BCUT2D eigenvalue weighted by Gasteiger charge is -2.27. The van der Waals surface area contributed by atoms with Crippen LogP contribution >= 0.6 is 41.4 Å². The Hall–Kier alpha value is -0.110. The third-order valence-corrected chi connectivity index (χ3v) is 9.78. The zero-order valence-electron chi connectivity index (χ0n) is 24.5. The van der Waals surface area contributed by atoms with Gasteiger partial charge in [-0.2, -0.15) is 0 Å². The smallest absolute Gasteiger partial charge is 0.346 e. The first kappa shape index (κ1) is 37.9. The van der Waals surface area contributed by atoms with Gasteiger partial charge in [-0.3, -0.25) is 0 Å². The summed E-state index contributed by atoms with van der Waals surface area (Å²) in [5.74, 6) is -0.990. The van der Waals surface area contributed by atoms with Crippen molar-refractivity contribution in [3.05, 3.63) is 0 Å². The molecule has 0 aromatic heterocycles. The summed E-state index contributed by atoms with van der Waals surface area (Å²) in [5, 5.41) is 0. The minimum atomic E-state index is -2.27. The summed E-state index contributed by atoms with van der Waals surface area (Å²) in [6.45, 7) is 13.4. The Morgan fingerprint density at radius 1 is 0.579 bits per heavy atom. The second-order valence-corrected chi connectivity index (χ2v) is 19.1. The molecule has 0 fully saturated rings. The monoisotopic (exact) mass is 612 g/mol. The zero-order chi connectivity index (χ0) is 29.0. The van der Waals surface area contributed by atoms with Gasteiger partial charge in [-0.1, -0.05) is 111 Å². The zero-order valence-corrected chi connectivity index (χ0v) is 28.0. The predicted molar refractivity (Wildman–Crippen MR) is 168 cm³/mol. The molecule has 0 rings (SSSR count). The second-order valence-electron chi connectivity index (χ2n) is 11.2. The van der Waals surface area contributed by atoms with E-state index in [0.29, 0.717) is 37.0 Å². The van der Waals surface area contributed by atoms with E-state index in [1.807, 2.05) is 0 Å². The average Bonchev–Trinajstić information content (AvgIpc) is 2.82. The third-order valence-electron chi connectivity index (χ3n) is 6.06. The van der Waals surface area contributed by atoms with Gasteiger partial charge < -0.3 is 14.2 Å². The molecule has 6 nitrogen and oxygen atoms in total. The summed E-state index contributed by atoms with van der Waals surface area (Å²) >= 11 is 9.38. The van der Waals surface area contributed by atoms with Crippen LogP contribution in [0.2, 0.25) is 0 Å². The summed E-state index contributed by atoms with van der Waals surface area (Å²) in [7, 11) is 0. The van der Waals surface area contributed by atoms with Gasteiger partial charge in [0.25, 0.3) is 0 Å². The number of hydrogen-bond donors (Lipinski definition) is 2. The van der Waals surface area contributed by atoms with Gasteiger partial charge in [-0.25, -0.2) is 14.4 Å². The number of hydrogen-bond acceptors (Lipinski definition) is 9. The number of ether oxygens (including phenoxy) is 3. The van der Waals surface area contributed by atoms with Crippen LogP contribution in [0.5, 0.6) is 0 Å². The summed E-state index contributed by atoms with van der Waals surface area (Å²) in [4.78, 5) is 40.0. The van der Waals surface area contributed by atoms with Crippen molar-refractivity contribution in [2.75, 3.05) is 19.8 Å². The van der Waals surface area contributed by atoms with Crippen molar-refractivity contribution < 1.29 is 28.6 Å². The Bertz CT molecular complexity index is 580. The molecule has 0 radical (unpaired) electrons. The molecule has 0 amide bonds. The van der Waals surface area contributed by atoms with E-state index in [9.17, 15) is 14.4 Å². The molecule has 0 aliphatic carbocycles. The molecular weight excluding hydrogens is 559 g/mol. The lowest BCUT2D eigenvalue weighted by Crippen LogP contribution is -2.53. The van der Waals surface area contributed by atoms with Crippen LogP contribution in [0.25, 0.3) is 0 Å². The van der Waals surface area contributed by atoms with Crippen molar-refractivity contribution in [2.45, 2.75) is 123 Å². The van der Waals surface area contributed by atoms with E-state index in [4.69, 9.17) is 14.2 Å². The largest absolute Gasteiger partial charge is 0.464 e. The maximum atomic E-state index is 13.3. The fourth-order valence-corrected chi connectivity index (χ4v) is 8.03. The minimum Gasteiger partial charge on any atom is -0.464 e. The van der Waals surface area contributed by atoms with Gasteiger partial charge >= 0.3 is 22.7 Å². The molecule has 0 bridgehead atoms. The van der Waals surface area contributed by atoms with E-state index >= 15 is 0 Å². The molecule has 0 aromatic rings. The van der Waals surface area contributed by atoms with Gasteiger partial charge in [0.15, 0.2) is 0 Å². The van der Waals surface area contributed by atoms with Crippen LogP contribution in [0.15, 0.2) is 0 Å². The molecule has 0 saturated heterocycles. The molecule has 0 heterocycles. The Labute approximate surface area is 248 Å². The maximum absolute atomic E-state index is 13.3. The number of carbonyl (C=O) groups excluding carboxylic acids is 3. The first-order valence-electron chi connectivity index (χ1n) is 14.3. The highest BCUT2D eigenvalue weighted by atomic mass is 33.3. The van der Waals surface area contributed by atoms with E-state index in [0.717, 1.165) is 69.2 Å². The van der Waals surface area contributed by atoms with Crippen molar-refractivity contribution in [3.63, 3.8) is 0 Å². The van der Waals surface area contributed by atoms with Crippen molar-refractivity contribution in [2.24, 2.45) is 17.8 Å². The van der Waals surface area contributed by atoms with Crippen LogP contribution in [-0.2, 0) is 28.6 Å². The molecule has 38 heavy (non-hydrogen) atoms. The maximum Gasteiger partial charge on any atom is 0.346 e. The molecule has 224 valence electrons. The fraction of sp³-hybridized carbons (Fsp3) is 0.893. The van der Waals surface area contributed by atoms with Crippen LogP contribution < -0.4 is 0 Å². The molecule has 0 aromatic carbocycles. The highest BCUT2D eigenvalue weighted by Gasteiger charge is 2.59. The topological polar surface area (TPSA) is 78.9 Å². The molecule has 0 atom stereocenters. The molecule has 0 aliphatic rings. The SMILES string of the molecule is CC(C)CCCCCOC(=O)C(SP(S)S)(C(=O)OCCCCCC(C)C)C(=O)OCCCCCC(C)C. The molecule has 0 aliphatic heterocycles. The third kappa shape index (κ3) is 17.6. The van der Waals surface area contributed by atoms with E-state index < -0.39 is 28.2 Å². The summed E-state index contributed by atoms with van der Waals surface area (Å²) in [6, 6.07) is 0. The van der Waals surface area contributed by atoms with Gasteiger partial charge in [0.2, 0.25) is 0 Å².